The third-order valence-corrected chi connectivity index (χ3v) is 7.76. The molecule has 0 unspecified atom stereocenters. The van der Waals surface area contributed by atoms with Crippen LogP contribution < -0.4 is 10.0 Å². The van der Waals surface area contributed by atoms with Crippen molar-refractivity contribution in [3.05, 3.63) is 66.2 Å². The second-order valence-electron chi connectivity index (χ2n) is 10.2. The second kappa shape index (κ2) is 13.7. The first kappa shape index (κ1) is 30.2. The summed E-state index contributed by atoms with van der Waals surface area (Å²) in [6, 6.07) is 12.7. The third kappa shape index (κ3) is 8.59. The monoisotopic (exact) mass is 584 g/mol. The molecular weight excluding hydrogens is 548 g/mol. The number of hydrogen-bond donors (Lipinski definition) is 3. The predicted octanol–water partition coefficient (Wildman–Crippen LogP) is 0.806. The lowest BCUT2D eigenvalue weighted by atomic mass is 10.0. The summed E-state index contributed by atoms with van der Waals surface area (Å²) in [6.45, 7) is 1.08. The summed E-state index contributed by atoms with van der Waals surface area (Å²) in [4.78, 5) is 49.5. The van der Waals surface area contributed by atoms with Gasteiger partial charge in [0.05, 0.1) is 38.4 Å². The van der Waals surface area contributed by atoms with Crippen LogP contribution in [0.3, 0.4) is 0 Å². The van der Waals surface area contributed by atoms with Gasteiger partial charge in [-0.1, -0.05) is 42.5 Å². The summed E-state index contributed by atoms with van der Waals surface area (Å²) >= 11 is 0. The molecule has 0 bridgehead atoms. The van der Waals surface area contributed by atoms with Crippen LogP contribution in [0, 0.1) is 0 Å². The number of likely N-dealkylation sites (tertiary alicyclic amines) is 1. The SMILES string of the molecule is COC(=O)[C@H](CNS(C)(=O)=O)NC(=O)CN(Cc1cccc2ccccc12)C[C@@H]1CCCN1C(=O)Cc1c[nH]cn1. The van der Waals surface area contributed by atoms with Crippen LogP contribution in [0.4, 0.5) is 0 Å². The first-order valence-electron chi connectivity index (χ1n) is 13.4. The average molecular weight is 585 g/mol. The van der Waals surface area contributed by atoms with E-state index in [-0.39, 0.29) is 31.5 Å². The highest BCUT2D eigenvalue weighted by molar-refractivity contribution is 7.88. The molecule has 12 nitrogen and oxygen atoms in total. The number of sulfonamides is 1. The third-order valence-electron chi connectivity index (χ3n) is 7.07. The summed E-state index contributed by atoms with van der Waals surface area (Å²) in [7, 11) is -2.42. The van der Waals surface area contributed by atoms with E-state index in [2.05, 4.69) is 20.0 Å². The first-order chi connectivity index (χ1) is 19.6. The normalized spacial score (nSPS) is 16.2. The summed E-state index contributed by atoms with van der Waals surface area (Å²) in [5.74, 6) is -1.25. The molecule has 2 aromatic carbocycles. The number of H-pyrrole nitrogens is 1. The summed E-state index contributed by atoms with van der Waals surface area (Å²) in [6.07, 6.45) is 6.06. The highest BCUT2D eigenvalue weighted by atomic mass is 32.2. The van der Waals surface area contributed by atoms with Gasteiger partial charge in [-0.3, -0.25) is 14.5 Å². The van der Waals surface area contributed by atoms with Gasteiger partial charge in [-0.05, 0) is 29.2 Å². The Balaban J connectivity index is 1.52. The van der Waals surface area contributed by atoms with Gasteiger partial charge in [0.25, 0.3) is 0 Å². The van der Waals surface area contributed by atoms with Crippen molar-refractivity contribution >= 4 is 38.6 Å². The van der Waals surface area contributed by atoms with Crippen molar-refractivity contribution in [2.24, 2.45) is 0 Å². The molecule has 1 aromatic heterocycles. The molecule has 3 N–H and O–H groups in total. The second-order valence-corrected chi connectivity index (χ2v) is 12.0. The van der Waals surface area contributed by atoms with Gasteiger partial charge in [-0.15, -0.1) is 0 Å². The van der Waals surface area contributed by atoms with Gasteiger partial charge >= 0.3 is 5.97 Å². The van der Waals surface area contributed by atoms with Crippen molar-refractivity contribution < 1.29 is 27.5 Å². The van der Waals surface area contributed by atoms with Crippen LogP contribution in [0.5, 0.6) is 0 Å². The smallest absolute Gasteiger partial charge is 0.329 e. The molecule has 2 heterocycles. The number of aromatic nitrogens is 2. The Morgan fingerprint density at radius 2 is 1.98 bits per heavy atom. The van der Waals surface area contributed by atoms with Crippen LogP contribution in [0.25, 0.3) is 10.8 Å². The van der Waals surface area contributed by atoms with Crippen molar-refractivity contribution in [2.45, 2.75) is 37.9 Å². The Hall–Kier alpha value is -3.81. The molecule has 220 valence electrons. The maximum atomic E-state index is 13.2. The number of nitrogens with one attached hydrogen (secondary N) is 3. The average Bonchev–Trinajstić information content (AvgIpc) is 3.62. The van der Waals surface area contributed by atoms with Crippen LogP contribution in [0.2, 0.25) is 0 Å². The molecular formula is C28H36N6O6S. The Morgan fingerprint density at radius 3 is 2.71 bits per heavy atom. The number of hydrogen-bond acceptors (Lipinski definition) is 8. The summed E-state index contributed by atoms with van der Waals surface area (Å²) in [5.41, 5.74) is 1.69. The molecule has 0 saturated carbocycles. The van der Waals surface area contributed by atoms with Crippen molar-refractivity contribution in [1.29, 1.82) is 0 Å². The maximum Gasteiger partial charge on any atom is 0.329 e. The molecule has 0 spiro atoms. The van der Waals surface area contributed by atoms with E-state index >= 15 is 0 Å². The fourth-order valence-electron chi connectivity index (χ4n) is 5.17. The number of methoxy groups -OCH3 is 1. The molecule has 2 atom stereocenters. The molecule has 1 saturated heterocycles. The van der Waals surface area contributed by atoms with Gasteiger partial charge in [0.1, 0.15) is 6.04 Å². The number of rotatable bonds is 13. The van der Waals surface area contributed by atoms with Crippen molar-refractivity contribution in [3.63, 3.8) is 0 Å². The van der Waals surface area contributed by atoms with Crippen LogP contribution in [-0.4, -0.2) is 97.6 Å². The molecule has 3 aromatic rings. The number of aromatic amines is 1. The highest BCUT2D eigenvalue weighted by Crippen LogP contribution is 2.23. The fraction of sp³-hybridized carbons (Fsp3) is 0.429. The van der Waals surface area contributed by atoms with Crippen LogP contribution in [0.1, 0.15) is 24.1 Å². The zero-order valence-electron chi connectivity index (χ0n) is 23.2. The molecule has 0 aliphatic carbocycles. The Labute approximate surface area is 239 Å². The minimum atomic E-state index is -3.59. The van der Waals surface area contributed by atoms with Gasteiger partial charge in [0.15, 0.2) is 0 Å². The number of fused-ring (bicyclic) bond motifs is 1. The van der Waals surface area contributed by atoms with Gasteiger partial charge in [0.2, 0.25) is 21.8 Å². The van der Waals surface area contributed by atoms with E-state index in [0.717, 1.165) is 35.4 Å². The standard InChI is InChI=1S/C28H36N6O6S/c1-40-28(37)25(15-31-41(2,38)39)32-26(35)18-33(16-21-9-5-8-20-7-3-4-11-24(20)21)17-23-10-6-12-34(23)27(36)13-22-14-29-19-30-22/h3-5,7-9,11,14,19,23,25,31H,6,10,12-13,15-18H2,1-2H3,(H,29,30)(H,32,35)/t23-,25-/m0/s1. The Kier molecular flexibility index (Phi) is 10.1. The van der Waals surface area contributed by atoms with Gasteiger partial charge in [0, 0.05) is 38.4 Å². The van der Waals surface area contributed by atoms with Gasteiger partial charge in [-0.2, -0.15) is 0 Å². The van der Waals surface area contributed by atoms with Crippen LogP contribution in [-0.2, 0) is 42.1 Å². The largest absolute Gasteiger partial charge is 0.467 e. The van der Waals surface area contributed by atoms with Crippen molar-refractivity contribution in [1.82, 2.24) is 29.8 Å². The molecule has 2 amide bonds. The number of nitrogens with zero attached hydrogens (tertiary/aromatic N) is 3. The molecule has 4 rings (SSSR count). The fourth-order valence-corrected chi connectivity index (χ4v) is 5.63. The van der Waals surface area contributed by atoms with E-state index in [1.807, 2.05) is 52.3 Å². The minimum Gasteiger partial charge on any atom is -0.467 e. The topological polar surface area (TPSA) is 154 Å². The zero-order chi connectivity index (χ0) is 29.4. The number of imidazole rings is 1. The van der Waals surface area contributed by atoms with Crippen molar-refractivity contribution in [2.75, 3.05) is 39.5 Å². The van der Waals surface area contributed by atoms with Gasteiger partial charge < -0.3 is 19.9 Å². The summed E-state index contributed by atoms with van der Waals surface area (Å²) < 4.78 is 30.2. The van der Waals surface area contributed by atoms with E-state index in [9.17, 15) is 22.8 Å². The van der Waals surface area contributed by atoms with E-state index < -0.39 is 27.9 Å². The zero-order valence-corrected chi connectivity index (χ0v) is 24.0. The number of carbonyl (C=O) groups is 3. The lowest BCUT2D eigenvalue weighted by Gasteiger charge is -2.31. The number of ether oxygens (including phenoxy) is 1. The predicted molar refractivity (Wildman–Crippen MR) is 153 cm³/mol. The highest BCUT2D eigenvalue weighted by Gasteiger charge is 2.31. The lowest BCUT2D eigenvalue weighted by molar-refractivity contribution is -0.145. The number of benzene rings is 2. The van der Waals surface area contributed by atoms with Crippen LogP contribution >= 0.6 is 0 Å². The number of carbonyl (C=O) groups excluding carboxylic acids is 3. The van der Waals surface area contributed by atoms with E-state index in [1.54, 1.807) is 12.5 Å². The molecule has 41 heavy (non-hydrogen) atoms. The molecule has 0 radical (unpaired) electrons. The minimum absolute atomic E-state index is 0.0215. The van der Waals surface area contributed by atoms with Crippen molar-refractivity contribution in [3.8, 4) is 0 Å². The van der Waals surface area contributed by atoms with E-state index in [0.29, 0.717) is 25.3 Å². The molecule has 1 aliphatic heterocycles. The molecule has 1 fully saturated rings. The lowest BCUT2D eigenvalue weighted by Crippen LogP contribution is -2.52. The van der Waals surface area contributed by atoms with E-state index in [4.69, 9.17) is 4.74 Å². The summed E-state index contributed by atoms with van der Waals surface area (Å²) in [5, 5.41) is 4.74. The molecule has 13 heteroatoms. The first-order valence-corrected chi connectivity index (χ1v) is 15.3. The molecule has 1 aliphatic rings. The van der Waals surface area contributed by atoms with Gasteiger partial charge in [-0.25, -0.2) is 22.9 Å². The number of amides is 2. The number of esters is 1. The Morgan fingerprint density at radius 1 is 1.20 bits per heavy atom. The maximum absolute atomic E-state index is 13.2. The van der Waals surface area contributed by atoms with Crippen LogP contribution in [0.15, 0.2) is 55.0 Å². The Bertz CT molecular complexity index is 1460. The quantitative estimate of drug-likeness (QED) is 0.250. The van der Waals surface area contributed by atoms with E-state index in [1.165, 1.54) is 7.11 Å².